The maximum Gasteiger partial charge on any atom is 0.242 e. The van der Waals surface area contributed by atoms with Gasteiger partial charge in [0.15, 0.2) is 0 Å². The molecule has 36 heavy (non-hydrogen) atoms. The molecule has 0 radical (unpaired) electrons. The molecule has 0 fully saturated rings. The van der Waals surface area contributed by atoms with Crippen LogP contribution < -0.4 is 14.8 Å². The Labute approximate surface area is 222 Å². The Balaban J connectivity index is 1.74. The van der Waals surface area contributed by atoms with Gasteiger partial charge in [0.05, 0.1) is 23.8 Å². The van der Waals surface area contributed by atoms with Crippen molar-refractivity contribution in [2.24, 2.45) is 0 Å². The molecule has 0 aromatic heterocycles. The molecule has 2 amide bonds. The van der Waals surface area contributed by atoms with Crippen LogP contribution in [-0.2, 0) is 22.6 Å². The highest BCUT2D eigenvalue weighted by Gasteiger charge is 2.29. The van der Waals surface area contributed by atoms with E-state index in [2.05, 4.69) is 5.32 Å². The molecule has 8 heteroatoms. The molecule has 190 valence electrons. The van der Waals surface area contributed by atoms with E-state index in [0.29, 0.717) is 35.2 Å². The Morgan fingerprint density at radius 2 is 1.61 bits per heavy atom. The summed E-state index contributed by atoms with van der Waals surface area (Å²) in [4.78, 5) is 28.0. The van der Waals surface area contributed by atoms with E-state index in [1.54, 1.807) is 31.2 Å². The second kappa shape index (κ2) is 13.8. The van der Waals surface area contributed by atoms with Crippen LogP contribution in [0.4, 0.5) is 0 Å². The first-order valence-corrected chi connectivity index (χ1v) is 12.4. The molecule has 0 aliphatic heterocycles. The van der Waals surface area contributed by atoms with Gasteiger partial charge in [-0.1, -0.05) is 59.6 Å². The van der Waals surface area contributed by atoms with E-state index < -0.39 is 6.04 Å². The lowest BCUT2D eigenvalue weighted by Gasteiger charge is -2.31. The monoisotopic (exact) mass is 528 g/mol. The molecule has 6 nitrogen and oxygen atoms in total. The molecule has 3 aromatic carbocycles. The first-order valence-electron chi connectivity index (χ1n) is 11.7. The maximum absolute atomic E-state index is 13.5. The average Bonchev–Trinajstić information content (AvgIpc) is 2.91. The third-order valence-corrected chi connectivity index (χ3v) is 6.46. The number of carbonyl (C=O) groups excluding carboxylic acids is 2. The van der Waals surface area contributed by atoms with Crippen LogP contribution in [0.3, 0.4) is 0 Å². The van der Waals surface area contributed by atoms with Crippen molar-refractivity contribution in [2.45, 2.75) is 31.8 Å². The van der Waals surface area contributed by atoms with Gasteiger partial charge in [-0.3, -0.25) is 9.59 Å². The van der Waals surface area contributed by atoms with Crippen molar-refractivity contribution < 1.29 is 19.1 Å². The van der Waals surface area contributed by atoms with Crippen LogP contribution in [0.15, 0.2) is 72.8 Å². The predicted molar refractivity (Wildman–Crippen MR) is 143 cm³/mol. The van der Waals surface area contributed by atoms with Crippen molar-refractivity contribution in [1.82, 2.24) is 10.2 Å². The molecule has 3 rings (SSSR count). The fraction of sp³-hybridized carbons (Fsp3) is 0.286. The molecule has 0 spiro atoms. The zero-order valence-electron chi connectivity index (χ0n) is 20.4. The number of hydrogen-bond donors (Lipinski definition) is 1. The molecule has 0 heterocycles. The Kier molecular flexibility index (Phi) is 10.5. The topological polar surface area (TPSA) is 67.9 Å². The summed E-state index contributed by atoms with van der Waals surface area (Å²) >= 11 is 12.3. The van der Waals surface area contributed by atoms with E-state index in [0.717, 1.165) is 16.9 Å². The van der Waals surface area contributed by atoms with Crippen LogP contribution in [0.25, 0.3) is 0 Å². The third kappa shape index (κ3) is 7.90. The van der Waals surface area contributed by atoms with Crippen molar-refractivity contribution in [3.05, 3.63) is 94.0 Å². The number of benzene rings is 3. The summed E-state index contributed by atoms with van der Waals surface area (Å²) in [6.07, 6.45) is 1.10. The van der Waals surface area contributed by atoms with E-state index >= 15 is 0 Å². The number of halogens is 2. The lowest BCUT2D eigenvalue weighted by Crippen LogP contribution is -2.49. The zero-order valence-corrected chi connectivity index (χ0v) is 21.9. The Morgan fingerprint density at radius 1 is 0.917 bits per heavy atom. The molecule has 0 saturated carbocycles. The summed E-state index contributed by atoms with van der Waals surface area (Å²) < 4.78 is 10.9. The molecule has 3 aromatic rings. The van der Waals surface area contributed by atoms with Crippen LogP contribution >= 0.6 is 23.2 Å². The summed E-state index contributed by atoms with van der Waals surface area (Å²) in [6.45, 7) is 0.585. The first kappa shape index (κ1) is 27.4. The minimum Gasteiger partial charge on any atom is -0.497 e. The molecule has 1 atom stereocenters. The van der Waals surface area contributed by atoms with Crippen molar-refractivity contribution in [3.63, 3.8) is 0 Å². The summed E-state index contributed by atoms with van der Waals surface area (Å²) in [5.41, 5.74) is 1.75. The summed E-state index contributed by atoms with van der Waals surface area (Å²) in [7, 11) is 3.18. The number of amides is 2. The van der Waals surface area contributed by atoms with E-state index in [1.165, 1.54) is 0 Å². The highest BCUT2D eigenvalue weighted by molar-refractivity contribution is 6.42. The largest absolute Gasteiger partial charge is 0.497 e. The number of nitrogens with zero attached hydrogens (tertiary/aromatic N) is 1. The second-order valence-corrected chi connectivity index (χ2v) is 9.03. The van der Waals surface area contributed by atoms with E-state index in [9.17, 15) is 9.59 Å². The Morgan fingerprint density at radius 3 is 2.25 bits per heavy atom. The van der Waals surface area contributed by atoms with Crippen LogP contribution in [0.5, 0.6) is 11.5 Å². The standard InChI is InChI=1S/C28H30Cl2N2O4/c1-31-28(34)26(18-20-7-4-3-5-8-20)32(19-21-10-15-24(29)25(30)17-21)27(33)9-6-16-36-23-13-11-22(35-2)12-14-23/h3-5,7-8,10-15,17,26H,6,9,16,18-19H2,1-2H3,(H,31,34). The first-order chi connectivity index (χ1) is 17.4. The van der Waals surface area contributed by atoms with Gasteiger partial charge in [-0.25, -0.2) is 0 Å². The number of hydrogen-bond acceptors (Lipinski definition) is 4. The van der Waals surface area contributed by atoms with Gasteiger partial charge < -0.3 is 19.7 Å². The van der Waals surface area contributed by atoms with Gasteiger partial charge in [0, 0.05) is 26.4 Å². The highest BCUT2D eigenvalue weighted by Crippen LogP contribution is 2.25. The van der Waals surface area contributed by atoms with Crippen LogP contribution in [0.1, 0.15) is 24.0 Å². The summed E-state index contributed by atoms with van der Waals surface area (Å²) in [5, 5.41) is 3.54. The minimum atomic E-state index is -0.693. The normalized spacial score (nSPS) is 11.4. The zero-order chi connectivity index (χ0) is 25.9. The van der Waals surface area contributed by atoms with E-state index in [4.69, 9.17) is 32.7 Å². The molecule has 0 aliphatic rings. The molecule has 0 aliphatic carbocycles. The van der Waals surface area contributed by atoms with Gasteiger partial charge in [-0.15, -0.1) is 0 Å². The summed E-state index contributed by atoms with van der Waals surface area (Å²) in [5.74, 6) is 1.06. The Bertz CT molecular complexity index is 1140. The highest BCUT2D eigenvalue weighted by atomic mass is 35.5. The lowest BCUT2D eigenvalue weighted by molar-refractivity contribution is -0.141. The van der Waals surface area contributed by atoms with Crippen LogP contribution in [0.2, 0.25) is 10.0 Å². The predicted octanol–water partition coefficient (Wildman–Crippen LogP) is 5.55. The molecule has 0 bridgehead atoms. The van der Waals surface area contributed by atoms with Gasteiger partial charge in [0.1, 0.15) is 17.5 Å². The average molecular weight is 529 g/mol. The van der Waals surface area contributed by atoms with Gasteiger partial charge in [0.25, 0.3) is 0 Å². The van der Waals surface area contributed by atoms with Crippen molar-refractivity contribution in [2.75, 3.05) is 20.8 Å². The summed E-state index contributed by atoms with van der Waals surface area (Å²) in [6, 6.07) is 21.4. The van der Waals surface area contributed by atoms with Gasteiger partial charge in [-0.2, -0.15) is 0 Å². The van der Waals surface area contributed by atoms with Crippen LogP contribution in [0, 0.1) is 0 Å². The second-order valence-electron chi connectivity index (χ2n) is 8.22. The number of nitrogens with one attached hydrogen (secondary N) is 1. The molecule has 0 saturated heterocycles. The number of likely N-dealkylation sites (N-methyl/N-ethyl adjacent to an activating group) is 1. The lowest BCUT2D eigenvalue weighted by atomic mass is 10.0. The quantitative estimate of drug-likeness (QED) is 0.313. The van der Waals surface area contributed by atoms with E-state index in [-0.39, 0.29) is 24.8 Å². The van der Waals surface area contributed by atoms with Gasteiger partial charge in [-0.05, 0) is 53.9 Å². The maximum atomic E-state index is 13.5. The van der Waals surface area contributed by atoms with Crippen LogP contribution in [-0.4, -0.2) is 43.5 Å². The fourth-order valence-electron chi connectivity index (χ4n) is 3.78. The smallest absolute Gasteiger partial charge is 0.242 e. The van der Waals surface area contributed by atoms with Gasteiger partial charge in [0.2, 0.25) is 11.8 Å². The SMILES string of the molecule is CNC(=O)C(Cc1ccccc1)N(Cc1ccc(Cl)c(Cl)c1)C(=O)CCCOc1ccc(OC)cc1. The van der Waals surface area contributed by atoms with Crippen molar-refractivity contribution in [3.8, 4) is 11.5 Å². The number of rotatable bonds is 12. The Hall–Kier alpha value is -3.22. The fourth-order valence-corrected chi connectivity index (χ4v) is 4.10. The van der Waals surface area contributed by atoms with E-state index in [1.807, 2.05) is 60.7 Å². The van der Waals surface area contributed by atoms with Gasteiger partial charge >= 0.3 is 0 Å². The number of carbonyl (C=O) groups is 2. The minimum absolute atomic E-state index is 0.149. The number of ether oxygens (including phenoxy) is 2. The molecular formula is C28H30Cl2N2O4. The molecule has 1 N–H and O–H groups in total. The van der Waals surface area contributed by atoms with Crippen molar-refractivity contribution >= 4 is 35.0 Å². The third-order valence-electron chi connectivity index (χ3n) is 5.72. The number of methoxy groups -OCH3 is 1. The molecular weight excluding hydrogens is 499 g/mol. The molecule has 1 unspecified atom stereocenters. The van der Waals surface area contributed by atoms with Crippen molar-refractivity contribution in [1.29, 1.82) is 0 Å².